The van der Waals surface area contributed by atoms with Gasteiger partial charge in [0.25, 0.3) is 12.5 Å². The summed E-state index contributed by atoms with van der Waals surface area (Å²) in [5.41, 5.74) is 0.142. The summed E-state index contributed by atoms with van der Waals surface area (Å²) in [6.45, 7) is -0.239. The van der Waals surface area contributed by atoms with E-state index < -0.39 is 17.8 Å². The fourth-order valence-electron chi connectivity index (χ4n) is 1.45. The first kappa shape index (κ1) is 13.8. The number of aromatic carboxylic acids is 1. The maximum atomic E-state index is 11.7. The topological polar surface area (TPSA) is 119 Å². The van der Waals surface area contributed by atoms with E-state index in [1.807, 2.05) is 0 Å². The Morgan fingerprint density at radius 3 is 2.85 bits per heavy atom. The summed E-state index contributed by atoms with van der Waals surface area (Å²) in [5.74, 6) is -2.37. The maximum Gasteiger partial charge on any atom is 0.337 e. The smallest absolute Gasteiger partial charge is 0.337 e. The van der Waals surface area contributed by atoms with Gasteiger partial charge in [-0.15, -0.1) is 0 Å². The van der Waals surface area contributed by atoms with Crippen LogP contribution in [0, 0.1) is 0 Å². The Bertz CT molecular complexity index is 670. The Kier molecular flexibility index (Phi) is 3.85. The van der Waals surface area contributed by atoms with Gasteiger partial charge in [-0.1, -0.05) is 16.3 Å². The molecule has 1 aromatic carbocycles. The molecule has 1 amide bonds. The average molecular weight is 298 g/mol. The second kappa shape index (κ2) is 5.57. The van der Waals surface area contributed by atoms with Crippen LogP contribution >= 0.6 is 11.6 Å². The van der Waals surface area contributed by atoms with Crippen molar-refractivity contribution in [1.82, 2.24) is 5.27 Å². The van der Waals surface area contributed by atoms with Crippen LogP contribution < -0.4 is 15.1 Å². The molecule has 0 aliphatic rings. The third-order valence-electron chi connectivity index (χ3n) is 2.28. The number of hydrogen-bond donors (Lipinski definition) is 2. The number of benzene rings is 1. The van der Waals surface area contributed by atoms with Gasteiger partial charge in [0.2, 0.25) is 6.20 Å². The number of anilines is 1. The molecule has 0 unspecified atom stereocenters. The molecule has 104 valence electrons. The van der Waals surface area contributed by atoms with E-state index in [9.17, 15) is 14.7 Å². The maximum absolute atomic E-state index is 11.7. The average Bonchev–Trinajstić information content (AvgIpc) is 2.76. The minimum absolute atomic E-state index is 0.0670. The van der Waals surface area contributed by atoms with Gasteiger partial charge in [0.05, 0.1) is 15.9 Å². The molecule has 9 heteroatoms. The van der Waals surface area contributed by atoms with Crippen molar-refractivity contribution in [2.24, 2.45) is 0 Å². The van der Waals surface area contributed by atoms with Crippen LogP contribution in [0.2, 0.25) is 5.02 Å². The molecule has 1 heterocycles. The zero-order chi connectivity index (χ0) is 14.7. The van der Waals surface area contributed by atoms with Crippen LogP contribution in [0.5, 0.6) is 5.95 Å². The third kappa shape index (κ3) is 3.23. The highest BCUT2D eigenvalue weighted by Gasteiger charge is 2.14. The Morgan fingerprint density at radius 2 is 2.25 bits per heavy atom. The minimum Gasteiger partial charge on any atom is -0.539 e. The van der Waals surface area contributed by atoms with Crippen LogP contribution in [-0.4, -0.2) is 22.3 Å². The summed E-state index contributed by atoms with van der Waals surface area (Å²) in [6.07, 6.45) is 1.02. The van der Waals surface area contributed by atoms with Crippen molar-refractivity contribution in [3.8, 4) is 5.95 Å². The number of carboxylic acids is 1. The summed E-state index contributed by atoms with van der Waals surface area (Å²) < 4.78 is 5.28. The van der Waals surface area contributed by atoms with Crippen molar-refractivity contribution < 1.29 is 29.0 Å². The van der Waals surface area contributed by atoms with Crippen molar-refractivity contribution in [2.45, 2.75) is 6.54 Å². The highest BCUT2D eigenvalue weighted by Crippen LogP contribution is 2.20. The number of carboxylic acid groups (broad SMARTS) is 1. The molecule has 2 rings (SSSR count). The molecule has 8 nitrogen and oxygen atoms in total. The molecule has 0 spiro atoms. The summed E-state index contributed by atoms with van der Waals surface area (Å²) in [7, 11) is 0. The molecule has 0 radical (unpaired) electrons. The number of carbonyl (C=O) groups is 2. The van der Waals surface area contributed by atoms with Crippen LogP contribution in [0.4, 0.5) is 5.69 Å². The lowest BCUT2D eigenvalue weighted by atomic mass is 10.2. The zero-order valence-corrected chi connectivity index (χ0v) is 10.6. The van der Waals surface area contributed by atoms with Gasteiger partial charge in [0.1, 0.15) is 5.95 Å². The van der Waals surface area contributed by atoms with Gasteiger partial charge >= 0.3 is 5.97 Å². The molecule has 1 aromatic heterocycles. The lowest BCUT2D eigenvalue weighted by Gasteiger charge is -2.04. The Labute approximate surface area is 117 Å². The fraction of sp³-hybridized carbons (Fsp3) is 0.0909. The van der Waals surface area contributed by atoms with Crippen LogP contribution in [0.3, 0.4) is 0 Å². The van der Waals surface area contributed by atoms with Gasteiger partial charge in [0.15, 0.2) is 0 Å². The van der Waals surface area contributed by atoms with Crippen molar-refractivity contribution in [2.75, 3.05) is 5.32 Å². The minimum atomic E-state index is -1.20. The number of amides is 1. The molecule has 0 aliphatic carbocycles. The highest BCUT2D eigenvalue weighted by atomic mass is 35.5. The molecule has 0 aliphatic heterocycles. The summed E-state index contributed by atoms with van der Waals surface area (Å²) >= 11 is 5.71. The van der Waals surface area contributed by atoms with E-state index in [0.717, 1.165) is 10.9 Å². The molecular weight excluding hydrogens is 290 g/mol. The number of carbonyl (C=O) groups excluding carboxylic acids is 1. The first-order valence-corrected chi connectivity index (χ1v) is 5.69. The van der Waals surface area contributed by atoms with Gasteiger partial charge in [-0.3, -0.25) is 4.79 Å². The summed E-state index contributed by atoms with van der Waals surface area (Å²) in [6, 6.07) is 4.05. The normalized spacial score (nSPS) is 10.2. The van der Waals surface area contributed by atoms with Gasteiger partial charge in [-0.2, -0.15) is 0 Å². The molecule has 0 saturated carbocycles. The quantitative estimate of drug-likeness (QED) is 0.768. The Morgan fingerprint density at radius 1 is 1.50 bits per heavy atom. The largest absolute Gasteiger partial charge is 0.539 e. The molecule has 2 N–H and O–H groups in total. The zero-order valence-electron chi connectivity index (χ0n) is 9.87. The number of nitrogens with zero attached hydrogens (tertiary/aromatic N) is 2. The van der Waals surface area contributed by atoms with E-state index in [1.54, 1.807) is 0 Å². The van der Waals surface area contributed by atoms with E-state index in [0.29, 0.717) is 0 Å². The molecule has 0 fully saturated rings. The van der Waals surface area contributed by atoms with E-state index >= 15 is 0 Å². The third-order valence-corrected chi connectivity index (χ3v) is 2.61. The summed E-state index contributed by atoms with van der Waals surface area (Å²) in [5, 5.41) is 25.5. The van der Waals surface area contributed by atoms with Gasteiger partial charge < -0.3 is 20.1 Å². The SMILES string of the molecule is O=C(C[n+]1cc([O-])on1)Nc1ccc(Cl)c(C(=O)O)c1. The Hall–Kier alpha value is -2.61. The molecule has 0 atom stereocenters. The Balaban J connectivity index is 2.08. The van der Waals surface area contributed by atoms with Crippen molar-refractivity contribution >= 4 is 29.2 Å². The molecule has 20 heavy (non-hydrogen) atoms. The first-order chi connectivity index (χ1) is 9.45. The number of hydrogen-bond acceptors (Lipinski definition) is 5. The highest BCUT2D eigenvalue weighted by molar-refractivity contribution is 6.33. The fourth-order valence-corrected chi connectivity index (χ4v) is 1.65. The molecule has 0 bridgehead atoms. The van der Waals surface area contributed by atoms with Crippen molar-refractivity contribution in [1.29, 1.82) is 0 Å². The van der Waals surface area contributed by atoms with Crippen LogP contribution in [0.1, 0.15) is 10.4 Å². The van der Waals surface area contributed by atoms with Crippen LogP contribution in [-0.2, 0) is 11.3 Å². The van der Waals surface area contributed by atoms with Crippen LogP contribution in [0.15, 0.2) is 28.9 Å². The molecule has 2 aromatic rings. The molecule has 0 saturated heterocycles. The predicted octanol–water partition coefficient (Wildman–Crippen LogP) is 0.0260. The number of rotatable bonds is 4. The number of halogens is 1. The monoisotopic (exact) mass is 297 g/mol. The number of nitrogens with one attached hydrogen (secondary N) is 1. The van der Waals surface area contributed by atoms with Crippen molar-refractivity contribution in [3.05, 3.63) is 35.0 Å². The first-order valence-electron chi connectivity index (χ1n) is 5.32. The van der Waals surface area contributed by atoms with E-state index in [4.69, 9.17) is 16.7 Å². The second-order valence-corrected chi connectivity index (χ2v) is 4.17. The van der Waals surface area contributed by atoms with E-state index in [1.165, 1.54) is 18.2 Å². The summed E-state index contributed by atoms with van der Waals surface area (Å²) in [4.78, 5) is 22.6. The van der Waals surface area contributed by atoms with Gasteiger partial charge in [0, 0.05) is 5.69 Å². The lowest BCUT2D eigenvalue weighted by Crippen LogP contribution is -2.41. The van der Waals surface area contributed by atoms with Gasteiger partial charge in [-0.25, -0.2) is 4.79 Å². The lowest BCUT2D eigenvalue weighted by molar-refractivity contribution is -0.750. The standard InChI is InChI=1S/C11H8ClN3O5/c12-8-2-1-6(3-7(8)11(18)19)13-9(16)4-15-5-10(17)20-14-15/h1-3,5H,4H2,(H2-,13,14,16,17,18,19). The van der Waals surface area contributed by atoms with E-state index in [2.05, 4.69) is 15.1 Å². The molecular formula is C11H8ClN3O5. The number of aromatic nitrogens is 2. The predicted molar refractivity (Wildman–Crippen MR) is 63.2 cm³/mol. The van der Waals surface area contributed by atoms with Crippen LogP contribution in [0.25, 0.3) is 0 Å². The second-order valence-electron chi connectivity index (χ2n) is 3.77. The van der Waals surface area contributed by atoms with Crippen molar-refractivity contribution in [3.63, 3.8) is 0 Å². The van der Waals surface area contributed by atoms with Gasteiger partial charge in [-0.05, 0) is 18.2 Å². The van der Waals surface area contributed by atoms with E-state index in [-0.39, 0.29) is 22.8 Å².